The van der Waals surface area contributed by atoms with Crippen molar-refractivity contribution < 1.29 is 14.3 Å². The molecule has 4 nitrogen and oxygen atoms in total. The third-order valence-corrected chi connectivity index (χ3v) is 2.94. The highest BCUT2D eigenvalue weighted by Gasteiger charge is 2.09. The molecule has 0 N–H and O–H groups in total. The van der Waals surface area contributed by atoms with Crippen LogP contribution in [-0.2, 0) is 9.53 Å². The maximum atomic E-state index is 11.5. The molecular formula is C15H21NO3. The van der Waals surface area contributed by atoms with Crippen LogP contribution in [0.2, 0.25) is 0 Å². The Hall–Kier alpha value is -1.97. The van der Waals surface area contributed by atoms with Crippen molar-refractivity contribution in [3.05, 3.63) is 35.9 Å². The van der Waals surface area contributed by atoms with Gasteiger partial charge in [-0.05, 0) is 18.6 Å². The first kappa shape index (κ1) is 15.1. The molecule has 104 valence electrons. The van der Waals surface area contributed by atoms with E-state index in [9.17, 15) is 4.79 Å². The molecule has 0 aliphatic heterocycles. The molecule has 0 aliphatic carbocycles. The number of hydrogen-bond donors (Lipinski definition) is 0. The van der Waals surface area contributed by atoms with E-state index in [-0.39, 0.29) is 5.97 Å². The van der Waals surface area contributed by atoms with E-state index in [4.69, 9.17) is 9.47 Å². The van der Waals surface area contributed by atoms with E-state index >= 15 is 0 Å². The zero-order valence-corrected chi connectivity index (χ0v) is 12.0. The maximum Gasteiger partial charge on any atom is 0.333 e. The summed E-state index contributed by atoms with van der Waals surface area (Å²) in [6.45, 7) is 2.56. The van der Waals surface area contributed by atoms with Crippen LogP contribution in [0.1, 0.15) is 13.3 Å². The Balaban J connectivity index is 2.81. The smallest absolute Gasteiger partial charge is 0.333 e. The number of likely N-dealkylation sites (N-methyl/N-ethyl adjacent to an activating group) is 1. The third kappa shape index (κ3) is 4.02. The minimum absolute atomic E-state index is 0.268. The molecule has 0 unspecified atom stereocenters. The summed E-state index contributed by atoms with van der Waals surface area (Å²) in [5.41, 5.74) is 1.67. The highest BCUT2D eigenvalue weighted by Crippen LogP contribution is 2.26. The summed E-state index contributed by atoms with van der Waals surface area (Å²) in [6, 6.07) is 7.78. The van der Waals surface area contributed by atoms with Crippen molar-refractivity contribution in [2.24, 2.45) is 0 Å². The number of hydrogen-bond acceptors (Lipinski definition) is 4. The van der Waals surface area contributed by atoms with Gasteiger partial charge in [0, 0.05) is 19.2 Å². The van der Waals surface area contributed by atoms with Crippen molar-refractivity contribution in [3.8, 4) is 5.75 Å². The zero-order chi connectivity index (χ0) is 14.3. The monoisotopic (exact) mass is 263 g/mol. The summed E-state index contributed by atoms with van der Waals surface area (Å²) in [5, 5.41) is 0. The molecule has 0 aromatic heterocycles. The van der Waals surface area contributed by atoms with Crippen LogP contribution < -0.4 is 9.64 Å². The number of carbonyl (C=O) groups excluding carboxylic acids is 1. The summed E-state index contributed by atoms with van der Waals surface area (Å²) in [6.07, 6.45) is 2.55. The number of esters is 1. The van der Waals surface area contributed by atoms with Crippen LogP contribution in [0.4, 0.5) is 5.69 Å². The number of rotatable bonds is 6. The fourth-order valence-electron chi connectivity index (χ4n) is 1.79. The van der Waals surface area contributed by atoms with Crippen LogP contribution in [0.5, 0.6) is 5.75 Å². The third-order valence-electron chi connectivity index (χ3n) is 2.94. The summed E-state index contributed by atoms with van der Waals surface area (Å²) in [7, 11) is 5.00. The SMILES string of the molecule is CCC(=CCN(C)c1ccccc1OC)C(=O)OC. The Labute approximate surface area is 114 Å². The van der Waals surface area contributed by atoms with Gasteiger partial charge in [0.15, 0.2) is 0 Å². The molecule has 1 aromatic carbocycles. The van der Waals surface area contributed by atoms with Crippen LogP contribution >= 0.6 is 0 Å². The number of benzene rings is 1. The highest BCUT2D eigenvalue weighted by atomic mass is 16.5. The van der Waals surface area contributed by atoms with Gasteiger partial charge in [0.2, 0.25) is 0 Å². The number of anilines is 1. The van der Waals surface area contributed by atoms with Crippen molar-refractivity contribution >= 4 is 11.7 Å². The molecule has 0 fully saturated rings. The van der Waals surface area contributed by atoms with Crippen LogP contribution in [0, 0.1) is 0 Å². The lowest BCUT2D eigenvalue weighted by Crippen LogP contribution is -2.19. The molecule has 0 radical (unpaired) electrons. The van der Waals surface area contributed by atoms with E-state index in [1.807, 2.05) is 49.2 Å². The summed E-state index contributed by atoms with van der Waals surface area (Å²) >= 11 is 0. The molecule has 4 heteroatoms. The summed E-state index contributed by atoms with van der Waals surface area (Å²) in [4.78, 5) is 13.5. The predicted octanol–water partition coefficient (Wildman–Crippen LogP) is 2.64. The summed E-state index contributed by atoms with van der Waals surface area (Å²) < 4.78 is 10.0. The van der Waals surface area contributed by atoms with Crippen LogP contribution in [0.25, 0.3) is 0 Å². The minimum atomic E-state index is -0.268. The van der Waals surface area contributed by atoms with Gasteiger partial charge in [-0.15, -0.1) is 0 Å². The molecule has 0 atom stereocenters. The van der Waals surface area contributed by atoms with Crippen LogP contribution in [0.15, 0.2) is 35.9 Å². The largest absolute Gasteiger partial charge is 0.495 e. The molecule has 0 saturated heterocycles. The molecule has 0 aliphatic rings. The Kier molecular flexibility index (Phi) is 5.93. The Bertz CT molecular complexity index is 454. The number of para-hydroxylation sites is 2. The second kappa shape index (κ2) is 7.46. The van der Waals surface area contributed by atoms with E-state index < -0.39 is 0 Å². The Morgan fingerprint density at radius 2 is 2.00 bits per heavy atom. The second-order valence-electron chi connectivity index (χ2n) is 4.13. The first-order valence-electron chi connectivity index (χ1n) is 6.25. The number of methoxy groups -OCH3 is 2. The van der Waals surface area contributed by atoms with Crippen LogP contribution in [0.3, 0.4) is 0 Å². The molecule has 1 aromatic rings. The van der Waals surface area contributed by atoms with E-state index in [2.05, 4.69) is 0 Å². The first-order valence-corrected chi connectivity index (χ1v) is 6.25. The maximum absolute atomic E-state index is 11.5. The fraction of sp³-hybridized carbons (Fsp3) is 0.400. The normalized spacial score (nSPS) is 11.1. The second-order valence-corrected chi connectivity index (χ2v) is 4.13. The van der Waals surface area contributed by atoms with Crippen molar-refractivity contribution in [1.82, 2.24) is 0 Å². The van der Waals surface area contributed by atoms with E-state index in [0.717, 1.165) is 11.4 Å². The van der Waals surface area contributed by atoms with Gasteiger partial charge in [-0.1, -0.05) is 25.1 Å². The fourth-order valence-corrected chi connectivity index (χ4v) is 1.79. The van der Waals surface area contributed by atoms with Gasteiger partial charge in [-0.3, -0.25) is 0 Å². The molecule has 19 heavy (non-hydrogen) atoms. The van der Waals surface area contributed by atoms with Gasteiger partial charge in [0.25, 0.3) is 0 Å². The average molecular weight is 263 g/mol. The lowest BCUT2D eigenvalue weighted by atomic mass is 10.2. The quantitative estimate of drug-likeness (QED) is 0.584. The highest BCUT2D eigenvalue weighted by molar-refractivity contribution is 5.88. The topological polar surface area (TPSA) is 38.8 Å². The molecule has 0 saturated carbocycles. The van der Waals surface area contributed by atoms with Gasteiger partial charge < -0.3 is 14.4 Å². The number of ether oxygens (including phenoxy) is 2. The lowest BCUT2D eigenvalue weighted by Gasteiger charge is -2.20. The van der Waals surface area contributed by atoms with E-state index in [0.29, 0.717) is 18.5 Å². The number of carbonyl (C=O) groups is 1. The number of nitrogens with zero attached hydrogens (tertiary/aromatic N) is 1. The van der Waals surface area contributed by atoms with E-state index in [1.165, 1.54) is 7.11 Å². The zero-order valence-electron chi connectivity index (χ0n) is 12.0. The minimum Gasteiger partial charge on any atom is -0.495 e. The standard InChI is InChI=1S/C15H21NO3/c1-5-12(15(17)19-4)10-11-16(2)13-8-6-7-9-14(13)18-3/h6-10H,5,11H2,1-4H3. The van der Waals surface area contributed by atoms with Crippen molar-refractivity contribution in [2.45, 2.75) is 13.3 Å². The Morgan fingerprint density at radius 1 is 1.32 bits per heavy atom. The van der Waals surface area contributed by atoms with Gasteiger partial charge >= 0.3 is 5.97 Å². The molecule has 0 amide bonds. The van der Waals surface area contributed by atoms with Gasteiger partial charge in [-0.25, -0.2) is 4.79 Å². The molecule has 0 heterocycles. The molecule has 0 bridgehead atoms. The average Bonchev–Trinajstić information content (AvgIpc) is 2.47. The summed E-state index contributed by atoms with van der Waals surface area (Å²) in [5.74, 6) is 0.547. The molecule has 0 spiro atoms. The Morgan fingerprint density at radius 3 is 2.58 bits per heavy atom. The predicted molar refractivity (Wildman–Crippen MR) is 76.7 cm³/mol. The van der Waals surface area contributed by atoms with Crippen LogP contribution in [-0.4, -0.2) is 33.8 Å². The molecular weight excluding hydrogens is 242 g/mol. The van der Waals surface area contributed by atoms with E-state index in [1.54, 1.807) is 7.11 Å². The first-order chi connectivity index (χ1) is 9.13. The van der Waals surface area contributed by atoms with Gasteiger partial charge in [0.1, 0.15) is 5.75 Å². The van der Waals surface area contributed by atoms with Gasteiger partial charge in [0.05, 0.1) is 19.9 Å². The molecule has 1 rings (SSSR count). The van der Waals surface area contributed by atoms with Crippen molar-refractivity contribution in [3.63, 3.8) is 0 Å². The van der Waals surface area contributed by atoms with Gasteiger partial charge in [-0.2, -0.15) is 0 Å². The lowest BCUT2D eigenvalue weighted by molar-refractivity contribution is -0.136. The van der Waals surface area contributed by atoms with Crippen molar-refractivity contribution in [1.29, 1.82) is 0 Å². The van der Waals surface area contributed by atoms with Crippen molar-refractivity contribution in [2.75, 3.05) is 32.7 Å².